The Hall–Kier alpha value is -0.150. The van der Waals surface area contributed by atoms with E-state index in [0.29, 0.717) is 0 Å². The van der Waals surface area contributed by atoms with Gasteiger partial charge in [-0.2, -0.15) is 0 Å². The van der Waals surface area contributed by atoms with Crippen LogP contribution < -0.4 is 0 Å². The van der Waals surface area contributed by atoms with Gasteiger partial charge in [0.1, 0.15) is 0 Å². The first kappa shape index (κ1) is 7.95. The summed E-state index contributed by atoms with van der Waals surface area (Å²) in [5, 5.41) is 0. The van der Waals surface area contributed by atoms with Crippen LogP contribution in [0.25, 0.3) is 0 Å². The molecule has 10 heavy (non-hydrogen) atoms. The molecule has 0 saturated heterocycles. The maximum atomic E-state index is 10.6. The van der Waals surface area contributed by atoms with Crippen molar-refractivity contribution in [3.8, 4) is 0 Å². The van der Waals surface area contributed by atoms with Gasteiger partial charge in [-0.15, -0.1) is 0 Å². The molecule has 0 atom stereocenters. The molecule has 0 bridgehead atoms. The van der Waals surface area contributed by atoms with Gasteiger partial charge in [-0.3, -0.25) is 4.79 Å². The molecule has 1 aliphatic rings. The lowest BCUT2D eigenvalue weighted by atomic mass is 10.3. The van der Waals surface area contributed by atoms with Crippen LogP contribution in [-0.2, 0) is 4.79 Å². The summed E-state index contributed by atoms with van der Waals surface area (Å²) >= 11 is 0. The zero-order valence-electron chi connectivity index (χ0n) is 5.88. The van der Waals surface area contributed by atoms with Crippen LogP contribution in [0.15, 0.2) is 22.0 Å². The van der Waals surface area contributed by atoms with E-state index in [-0.39, 0.29) is 5.78 Å². The van der Waals surface area contributed by atoms with E-state index in [1.807, 2.05) is 13.0 Å². The van der Waals surface area contributed by atoms with Crippen LogP contribution in [-0.4, -0.2) is 5.78 Å². The number of hydrogen-bond acceptors (Lipinski definition) is 3. The molecule has 0 saturated carbocycles. The summed E-state index contributed by atoms with van der Waals surface area (Å²) < 4.78 is 0. The lowest BCUT2D eigenvalue weighted by molar-refractivity contribution is -0.112. The standard InChI is InChI=1S/C7H8OS2/c1-5(8)3-7-4-6(2)9-10-7/h3-4H,1-2H3. The molecule has 0 radical (unpaired) electrons. The Balaban J connectivity index is 2.68. The molecule has 0 aromatic carbocycles. The second-order valence-electron chi connectivity index (χ2n) is 2.08. The summed E-state index contributed by atoms with van der Waals surface area (Å²) in [5.41, 5.74) is 0. The molecular weight excluding hydrogens is 164 g/mol. The molecule has 3 heteroatoms. The zero-order chi connectivity index (χ0) is 7.56. The monoisotopic (exact) mass is 172 g/mol. The van der Waals surface area contributed by atoms with Gasteiger partial charge in [0.25, 0.3) is 0 Å². The number of ketones is 1. The highest BCUT2D eigenvalue weighted by Crippen LogP contribution is 2.43. The summed E-state index contributed by atoms with van der Waals surface area (Å²) in [4.78, 5) is 12.9. The van der Waals surface area contributed by atoms with Gasteiger partial charge in [0.2, 0.25) is 0 Å². The minimum absolute atomic E-state index is 0.119. The van der Waals surface area contributed by atoms with Gasteiger partial charge in [0.05, 0.1) is 0 Å². The van der Waals surface area contributed by atoms with Gasteiger partial charge in [0, 0.05) is 4.91 Å². The van der Waals surface area contributed by atoms with Gasteiger partial charge in [-0.25, -0.2) is 0 Å². The quantitative estimate of drug-likeness (QED) is 0.447. The largest absolute Gasteiger partial charge is 0.295 e. The highest BCUT2D eigenvalue weighted by Gasteiger charge is 2.06. The highest BCUT2D eigenvalue weighted by molar-refractivity contribution is 8.80. The number of rotatable bonds is 1. The Kier molecular flexibility index (Phi) is 2.63. The lowest BCUT2D eigenvalue weighted by Crippen LogP contribution is -1.80. The van der Waals surface area contributed by atoms with E-state index in [2.05, 4.69) is 0 Å². The van der Waals surface area contributed by atoms with E-state index < -0.39 is 0 Å². The van der Waals surface area contributed by atoms with Crippen molar-refractivity contribution in [1.29, 1.82) is 0 Å². The van der Waals surface area contributed by atoms with Crippen molar-refractivity contribution >= 4 is 27.4 Å². The molecule has 0 aromatic rings. The summed E-state index contributed by atoms with van der Waals surface area (Å²) in [6.45, 7) is 3.61. The van der Waals surface area contributed by atoms with Gasteiger partial charge in [-0.05, 0) is 30.9 Å². The molecule has 0 unspecified atom stereocenters. The molecule has 54 valence electrons. The van der Waals surface area contributed by atoms with E-state index in [4.69, 9.17) is 0 Å². The average Bonchev–Trinajstić information content (AvgIpc) is 2.13. The molecular formula is C7H8OS2. The van der Waals surface area contributed by atoms with Crippen molar-refractivity contribution < 1.29 is 4.79 Å². The third-order valence-electron chi connectivity index (χ3n) is 0.960. The first-order valence-electron chi connectivity index (χ1n) is 2.93. The maximum Gasteiger partial charge on any atom is 0.153 e. The first-order valence-corrected chi connectivity index (χ1v) is 5.08. The summed E-state index contributed by atoms with van der Waals surface area (Å²) in [6.07, 6.45) is 3.69. The van der Waals surface area contributed by atoms with E-state index in [0.717, 1.165) is 4.91 Å². The molecule has 1 heterocycles. The summed E-state index contributed by atoms with van der Waals surface area (Å²) in [7, 11) is 3.35. The Morgan fingerprint density at radius 2 is 2.30 bits per heavy atom. The minimum Gasteiger partial charge on any atom is -0.295 e. The van der Waals surface area contributed by atoms with E-state index in [1.165, 1.54) is 4.91 Å². The van der Waals surface area contributed by atoms with Crippen LogP contribution in [0.4, 0.5) is 0 Å². The zero-order valence-corrected chi connectivity index (χ0v) is 7.51. The predicted molar refractivity (Wildman–Crippen MR) is 47.7 cm³/mol. The van der Waals surface area contributed by atoms with Crippen LogP contribution in [0.3, 0.4) is 0 Å². The Labute approximate surface area is 68.4 Å². The van der Waals surface area contributed by atoms with Crippen molar-refractivity contribution in [2.45, 2.75) is 13.8 Å². The van der Waals surface area contributed by atoms with Crippen molar-refractivity contribution in [3.63, 3.8) is 0 Å². The second-order valence-corrected chi connectivity index (χ2v) is 4.53. The number of carbonyl (C=O) groups excluding carboxylic acids is 1. The molecule has 0 aromatic heterocycles. The summed E-state index contributed by atoms with van der Waals surface area (Å²) in [6, 6.07) is 0. The van der Waals surface area contributed by atoms with E-state index in [1.54, 1.807) is 34.6 Å². The Morgan fingerprint density at radius 1 is 1.60 bits per heavy atom. The van der Waals surface area contributed by atoms with Crippen molar-refractivity contribution in [3.05, 3.63) is 22.0 Å². The average molecular weight is 172 g/mol. The van der Waals surface area contributed by atoms with Crippen LogP contribution in [0, 0.1) is 0 Å². The van der Waals surface area contributed by atoms with Gasteiger partial charge < -0.3 is 0 Å². The van der Waals surface area contributed by atoms with Gasteiger partial charge in [-0.1, -0.05) is 21.6 Å². The third-order valence-corrected chi connectivity index (χ3v) is 3.47. The smallest absolute Gasteiger partial charge is 0.153 e. The first-order chi connectivity index (χ1) is 4.68. The van der Waals surface area contributed by atoms with Gasteiger partial charge >= 0.3 is 0 Å². The third kappa shape index (κ3) is 2.23. The van der Waals surface area contributed by atoms with Crippen LogP contribution >= 0.6 is 21.6 Å². The van der Waals surface area contributed by atoms with Gasteiger partial charge in [0.15, 0.2) is 5.78 Å². The molecule has 1 rings (SSSR count). The number of carbonyl (C=O) groups is 1. The SMILES string of the molecule is CC(=O)C=C1C=C(C)SS1. The molecule has 0 amide bonds. The fourth-order valence-corrected chi connectivity index (χ4v) is 2.66. The highest BCUT2D eigenvalue weighted by atomic mass is 33.1. The van der Waals surface area contributed by atoms with E-state index >= 15 is 0 Å². The topological polar surface area (TPSA) is 17.1 Å². The van der Waals surface area contributed by atoms with Crippen molar-refractivity contribution in [2.24, 2.45) is 0 Å². The molecule has 1 nitrogen and oxygen atoms in total. The van der Waals surface area contributed by atoms with Crippen molar-refractivity contribution in [2.75, 3.05) is 0 Å². The molecule has 0 spiro atoms. The Morgan fingerprint density at radius 3 is 2.70 bits per heavy atom. The fraction of sp³-hybridized carbons (Fsp3) is 0.286. The fourth-order valence-electron chi connectivity index (χ4n) is 0.628. The summed E-state index contributed by atoms with van der Waals surface area (Å²) in [5.74, 6) is 0.119. The number of allylic oxidation sites excluding steroid dienone is 3. The molecule has 0 N–H and O–H groups in total. The lowest BCUT2D eigenvalue weighted by Gasteiger charge is -1.85. The predicted octanol–water partition coefficient (Wildman–Crippen LogP) is 2.76. The Bertz CT molecular complexity index is 216. The molecule has 1 aliphatic heterocycles. The maximum absolute atomic E-state index is 10.6. The molecule has 0 aliphatic carbocycles. The van der Waals surface area contributed by atoms with Crippen LogP contribution in [0.1, 0.15) is 13.8 Å². The number of hydrogen-bond donors (Lipinski definition) is 0. The van der Waals surface area contributed by atoms with Crippen LogP contribution in [0.5, 0.6) is 0 Å². The minimum atomic E-state index is 0.119. The van der Waals surface area contributed by atoms with Crippen molar-refractivity contribution in [1.82, 2.24) is 0 Å². The molecule has 0 fully saturated rings. The normalized spacial score (nSPS) is 21.4. The van der Waals surface area contributed by atoms with Crippen LogP contribution in [0.2, 0.25) is 0 Å². The van der Waals surface area contributed by atoms with E-state index in [9.17, 15) is 4.79 Å². The second kappa shape index (κ2) is 3.30.